The molecule has 0 bridgehead atoms. The summed E-state index contributed by atoms with van der Waals surface area (Å²) in [5, 5.41) is 0. The fourth-order valence-corrected chi connectivity index (χ4v) is 4.45. The molecule has 1 aliphatic heterocycles. The van der Waals surface area contributed by atoms with Crippen LogP contribution in [0.1, 0.15) is 12.7 Å². The second kappa shape index (κ2) is 9.43. The molecule has 158 valence electrons. The largest absolute Gasteiger partial charge is 0.492 e. The number of nitrogens with zero attached hydrogens (tertiary/aromatic N) is 4. The zero-order valence-electron chi connectivity index (χ0n) is 17.6. The van der Waals surface area contributed by atoms with Crippen LogP contribution in [0.3, 0.4) is 0 Å². The van der Waals surface area contributed by atoms with Gasteiger partial charge in [-0.3, -0.25) is 4.79 Å². The minimum absolute atomic E-state index is 0.151. The number of anilines is 1. The van der Waals surface area contributed by atoms with Crippen LogP contribution in [0.4, 0.5) is 5.69 Å². The van der Waals surface area contributed by atoms with E-state index >= 15 is 0 Å². The Bertz CT molecular complexity index is 1010. The maximum absolute atomic E-state index is 13.1. The molecule has 0 spiro atoms. The van der Waals surface area contributed by atoms with Crippen LogP contribution in [0.25, 0.3) is 11.0 Å². The van der Waals surface area contributed by atoms with Gasteiger partial charge in [-0.1, -0.05) is 24.3 Å². The van der Waals surface area contributed by atoms with Crippen LogP contribution in [0.15, 0.2) is 48.5 Å². The normalized spacial score (nSPS) is 14.3. The van der Waals surface area contributed by atoms with Crippen LogP contribution in [0.5, 0.6) is 5.75 Å². The number of amides is 1. The SMILES string of the molecule is CCOc1ccccc1N1CCN(C(=O)Cn2c(CSC)nc3ccccc32)CC1. The number of piperazine rings is 1. The summed E-state index contributed by atoms with van der Waals surface area (Å²) in [4.78, 5) is 22.1. The number of ether oxygens (including phenoxy) is 1. The maximum atomic E-state index is 13.1. The number of para-hydroxylation sites is 4. The third-order valence-corrected chi connectivity index (χ3v) is 5.99. The zero-order chi connectivity index (χ0) is 20.9. The molecule has 6 nitrogen and oxygen atoms in total. The third-order valence-electron chi connectivity index (χ3n) is 5.44. The molecule has 1 aliphatic rings. The number of carbonyl (C=O) groups excluding carboxylic acids is 1. The molecule has 0 unspecified atom stereocenters. The average Bonchev–Trinajstić information content (AvgIpc) is 3.12. The summed E-state index contributed by atoms with van der Waals surface area (Å²) in [6.07, 6.45) is 2.06. The van der Waals surface area contributed by atoms with Crippen LogP contribution in [0.2, 0.25) is 0 Å². The van der Waals surface area contributed by atoms with Crippen LogP contribution >= 0.6 is 11.8 Å². The molecule has 1 fully saturated rings. The Morgan fingerprint density at radius 2 is 1.80 bits per heavy atom. The van der Waals surface area contributed by atoms with E-state index in [1.807, 2.05) is 54.3 Å². The Balaban J connectivity index is 1.45. The molecule has 2 heterocycles. The van der Waals surface area contributed by atoms with E-state index in [1.165, 1.54) is 0 Å². The molecule has 30 heavy (non-hydrogen) atoms. The molecule has 0 atom stereocenters. The molecule has 1 aromatic heterocycles. The highest BCUT2D eigenvalue weighted by atomic mass is 32.2. The Hall–Kier alpha value is -2.67. The molecule has 1 saturated heterocycles. The molecular weight excluding hydrogens is 396 g/mol. The van der Waals surface area contributed by atoms with E-state index in [0.29, 0.717) is 26.2 Å². The smallest absolute Gasteiger partial charge is 0.242 e. The van der Waals surface area contributed by atoms with Crippen molar-refractivity contribution >= 4 is 34.4 Å². The van der Waals surface area contributed by atoms with Crippen molar-refractivity contribution in [3.63, 3.8) is 0 Å². The molecule has 2 aromatic carbocycles. The van der Waals surface area contributed by atoms with Gasteiger partial charge in [-0.15, -0.1) is 0 Å². The first-order valence-electron chi connectivity index (χ1n) is 10.4. The Kier molecular flexibility index (Phi) is 6.47. The summed E-state index contributed by atoms with van der Waals surface area (Å²) in [6, 6.07) is 16.2. The number of rotatable bonds is 7. The average molecular weight is 425 g/mol. The quantitative estimate of drug-likeness (QED) is 0.580. The lowest BCUT2D eigenvalue weighted by Gasteiger charge is -2.36. The van der Waals surface area contributed by atoms with Gasteiger partial charge in [0, 0.05) is 26.2 Å². The first-order chi connectivity index (χ1) is 14.7. The number of hydrogen-bond acceptors (Lipinski definition) is 5. The van der Waals surface area contributed by atoms with Crippen LogP contribution < -0.4 is 9.64 Å². The predicted octanol–water partition coefficient (Wildman–Crippen LogP) is 3.65. The lowest BCUT2D eigenvalue weighted by Crippen LogP contribution is -2.49. The van der Waals surface area contributed by atoms with Crippen LogP contribution in [-0.2, 0) is 17.1 Å². The highest BCUT2D eigenvalue weighted by Gasteiger charge is 2.24. The fraction of sp³-hybridized carbons (Fsp3) is 0.391. The molecule has 0 N–H and O–H groups in total. The molecule has 3 aromatic rings. The standard InChI is InChI=1S/C23H28N4O2S/c1-3-29-21-11-7-6-10-20(21)25-12-14-26(15-13-25)23(28)16-27-19-9-5-4-8-18(19)24-22(27)17-30-2/h4-11H,3,12-17H2,1-2H3. The van der Waals surface area contributed by atoms with E-state index in [9.17, 15) is 4.79 Å². The minimum Gasteiger partial charge on any atom is -0.492 e. The van der Waals surface area contributed by atoms with Crippen molar-refractivity contribution in [2.75, 3.05) is 43.9 Å². The van der Waals surface area contributed by atoms with Crippen molar-refractivity contribution in [3.05, 3.63) is 54.4 Å². The summed E-state index contributed by atoms with van der Waals surface area (Å²) in [6.45, 7) is 6.01. The number of hydrogen-bond donors (Lipinski definition) is 0. The van der Waals surface area contributed by atoms with E-state index in [-0.39, 0.29) is 5.91 Å². The van der Waals surface area contributed by atoms with Crippen molar-refractivity contribution in [2.24, 2.45) is 0 Å². The monoisotopic (exact) mass is 424 g/mol. The summed E-state index contributed by atoms with van der Waals surface area (Å²) in [7, 11) is 0. The molecule has 4 rings (SSSR count). The van der Waals surface area contributed by atoms with Crippen LogP contribution in [0, 0.1) is 0 Å². The van der Waals surface area contributed by atoms with Crippen molar-refractivity contribution in [1.82, 2.24) is 14.5 Å². The maximum Gasteiger partial charge on any atom is 0.242 e. The molecular formula is C23H28N4O2S. The summed E-state index contributed by atoms with van der Waals surface area (Å²) in [5.41, 5.74) is 3.08. The predicted molar refractivity (Wildman–Crippen MR) is 123 cm³/mol. The van der Waals surface area contributed by atoms with Crippen molar-refractivity contribution < 1.29 is 9.53 Å². The number of aromatic nitrogens is 2. The highest BCUT2D eigenvalue weighted by Crippen LogP contribution is 2.29. The highest BCUT2D eigenvalue weighted by molar-refractivity contribution is 7.97. The summed E-state index contributed by atoms with van der Waals surface area (Å²) < 4.78 is 7.85. The van der Waals surface area contributed by atoms with Gasteiger partial charge in [-0.25, -0.2) is 4.98 Å². The lowest BCUT2D eigenvalue weighted by molar-refractivity contribution is -0.132. The van der Waals surface area contributed by atoms with E-state index in [0.717, 1.165) is 47.1 Å². The second-order valence-electron chi connectivity index (χ2n) is 7.30. The van der Waals surface area contributed by atoms with E-state index in [4.69, 9.17) is 9.72 Å². The van der Waals surface area contributed by atoms with Gasteiger partial charge in [0.05, 0.1) is 29.1 Å². The molecule has 0 saturated carbocycles. The van der Waals surface area contributed by atoms with Gasteiger partial charge in [-0.2, -0.15) is 11.8 Å². The fourth-order valence-electron chi connectivity index (χ4n) is 3.97. The van der Waals surface area contributed by atoms with Gasteiger partial charge >= 0.3 is 0 Å². The van der Waals surface area contributed by atoms with Crippen molar-refractivity contribution in [3.8, 4) is 5.75 Å². The van der Waals surface area contributed by atoms with E-state index < -0.39 is 0 Å². The molecule has 1 amide bonds. The van der Waals surface area contributed by atoms with Gasteiger partial charge < -0.3 is 19.1 Å². The number of carbonyl (C=O) groups is 1. The van der Waals surface area contributed by atoms with Gasteiger partial charge in [0.25, 0.3) is 0 Å². The zero-order valence-corrected chi connectivity index (χ0v) is 18.4. The number of fused-ring (bicyclic) bond motifs is 1. The Morgan fingerprint density at radius 1 is 1.07 bits per heavy atom. The second-order valence-corrected chi connectivity index (χ2v) is 8.17. The summed E-state index contributed by atoms with van der Waals surface area (Å²) in [5.74, 6) is 2.81. The number of imidazole rings is 1. The minimum atomic E-state index is 0.151. The first kappa shape index (κ1) is 20.6. The van der Waals surface area contributed by atoms with Gasteiger partial charge in [-0.05, 0) is 37.4 Å². The van der Waals surface area contributed by atoms with Crippen molar-refractivity contribution in [2.45, 2.75) is 19.2 Å². The van der Waals surface area contributed by atoms with Crippen LogP contribution in [-0.4, -0.2) is 59.4 Å². The van der Waals surface area contributed by atoms with Gasteiger partial charge in [0.15, 0.2) is 0 Å². The third kappa shape index (κ3) is 4.26. The van der Waals surface area contributed by atoms with E-state index in [1.54, 1.807) is 11.8 Å². The van der Waals surface area contributed by atoms with Gasteiger partial charge in [0.2, 0.25) is 5.91 Å². The first-order valence-corrected chi connectivity index (χ1v) is 11.8. The molecule has 0 radical (unpaired) electrons. The topological polar surface area (TPSA) is 50.6 Å². The van der Waals surface area contributed by atoms with E-state index in [2.05, 4.69) is 21.8 Å². The Labute approximate surface area is 181 Å². The number of thioether (sulfide) groups is 1. The Morgan fingerprint density at radius 3 is 2.57 bits per heavy atom. The summed E-state index contributed by atoms with van der Waals surface area (Å²) >= 11 is 1.72. The molecule has 7 heteroatoms. The van der Waals surface area contributed by atoms with Gasteiger partial charge in [0.1, 0.15) is 18.1 Å². The van der Waals surface area contributed by atoms with Crippen molar-refractivity contribution in [1.29, 1.82) is 0 Å². The molecule has 0 aliphatic carbocycles. The number of benzene rings is 2. The lowest BCUT2D eigenvalue weighted by atomic mass is 10.2.